The molecule has 0 saturated carbocycles. The van der Waals surface area contributed by atoms with Crippen molar-refractivity contribution >= 4 is 16.0 Å². The van der Waals surface area contributed by atoms with Gasteiger partial charge in [0.15, 0.2) is 5.82 Å². The van der Waals surface area contributed by atoms with E-state index in [2.05, 4.69) is 19.9 Å². The first kappa shape index (κ1) is 28.2. The molecule has 15 heteroatoms. The largest absolute Gasteiger partial charge is 0.495 e. The summed E-state index contributed by atoms with van der Waals surface area (Å²) in [6, 6.07) is 8.71. The lowest BCUT2D eigenvalue weighted by Crippen LogP contribution is -2.41. The maximum atomic E-state index is 15.5. The van der Waals surface area contributed by atoms with E-state index in [-0.39, 0.29) is 53.6 Å². The highest BCUT2D eigenvalue weighted by atomic mass is 32.2. The molecule has 5 rings (SSSR count). The van der Waals surface area contributed by atoms with E-state index in [1.54, 1.807) is 0 Å². The molecular formula is C26H22F4N6O4S. The Morgan fingerprint density at radius 2 is 1.88 bits per heavy atom. The molecule has 0 saturated heterocycles. The highest BCUT2D eigenvalue weighted by molar-refractivity contribution is 7.90. The fourth-order valence-corrected chi connectivity index (χ4v) is 5.75. The number of halogens is 4. The van der Waals surface area contributed by atoms with Crippen LogP contribution in [-0.4, -0.2) is 46.1 Å². The van der Waals surface area contributed by atoms with E-state index >= 15 is 4.39 Å². The molecule has 4 aromatic rings. The van der Waals surface area contributed by atoms with Crippen molar-refractivity contribution in [2.75, 3.05) is 18.4 Å². The van der Waals surface area contributed by atoms with Gasteiger partial charge in [-0.2, -0.15) is 31.0 Å². The Morgan fingerprint density at radius 3 is 2.56 bits per heavy atom. The number of nitrogens with zero attached hydrogens (tertiary/aromatic N) is 5. The third-order valence-corrected chi connectivity index (χ3v) is 8.05. The van der Waals surface area contributed by atoms with Crippen LogP contribution in [0.2, 0.25) is 0 Å². The zero-order valence-electron chi connectivity index (χ0n) is 21.6. The van der Waals surface area contributed by atoms with E-state index < -0.39 is 33.3 Å². The quantitative estimate of drug-likeness (QED) is 0.339. The Kier molecular flexibility index (Phi) is 7.25. The third-order valence-electron chi connectivity index (χ3n) is 6.59. The number of alkyl halides is 3. The van der Waals surface area contributed by atoms with E-state index in [9.17, 15) is 26.4 Å². The summed E-state index contributed by atoms with van der Waals surface area (Å²) in [5.41, 5.74) is -0.731. The Hall–Kier alpha value is -4.37. The average molecular weight is 591 g/mol. The highest BCUT2D eigenvalue weighted by Crippen LogP contribution is 2.37. The van der Waals surface area contributed by atoms with Gasteiger partial charge in [-0.05, 0) is 36.8 Å². The van der Waals surface area contributed by atoms with Crippen LogP contribution < -0.4 is 15.0 Å². The Morgan fingerprint density at radius 1 is 1.10 bits per heavy atom. The number of rotatable bonds is 6. The number of pyridine rings is 2. The van der Waals surface area contributed by atoms with Gasteiger partial charge >= 0.3 is 16.4 Å². The number of fused-ring (bicyclic) bond motifs is 1. The predicted octanol–water partition coefficient (Wildman–Crippen LogP) is 3.88. The lowest BCUT2D eigenvalue weighted by atomic mass is 10.00. The molecule has 0 radical (unpaired) electrons. The van der Waals surface area contributed by atoms with Gasteiger partial charge in [0.05, 0.1) is 18.4 Å². The molecule has 41 heavy (non-hydrogen) atoms. The lowest BCUT2D eigenvalue weighted by molar-refractivity contribution is -0.137. The van der Waals surface area contributed by atoms with Crippen molar-refractivity contribution in [3.05, 3.63) is 93.5 Å². The van der Waals surface area contributed by atoms with Gasteiger partial charge in [-0.1, -0.05) is 6.07 Å². The Labute approximate surface area is 231 Å². The summed E-state index contributed by atoms with van der Waals surface area (Å²) in [5.74, 6) is -0.842. The number of nitrogens with one attached hydrogen (secondary N) is 1. The molecule has 1 aromatic carbocycles. The van der Waals surface area contributed by atoms with Gasteiger partial charge < -0.3 is 4.74 Å². The first-order chi connectivity index (χ1) is 19.4. The zero-order valence-corrected chi connectivity index (χ0v) is 22.4. The number of anilines is 1. The first-order valence-electron chi connectivity index (χ1n) is 12.1. The molecule has 0 fully saturated rings. The maximum Gasteiger partial charge on any atom is 0.417 e. The van der Waals surface area contributed by atoms with Crippen molar-refractivity contribution in [3.8, 4) is 22.6 Å². The summed E-state index contributed by atoms with van der Waals surface area (Å²) in [7, 11) is -2.74. The fraction of sp³-hybridized carbons (Fsp3) is 0.231. The molecule has 0 aliphatic carbocycles. The van der Waals surface area contributed by atoms with Gasteiger partial charge in [0.2, 0.25) is 0 Å². The highest BCUT2D eigenvalue weighted by Gasteiger charge is 2.33. The smallest absolute Gasteiger partial charge is 0.417 e. The molecule has 1 aliphatic rings. The Bertz CT molecular complexity index is 1800. The molecule has 3 aromatic heterocycles. The molecule has 0 spiro atoms. The second kappa shape index (κ2) is 10.6. The van der Waals surface area contributed by atoms with Crippen LogP contribution in [0.4, 0.5) is 23.4 Å². The van der Waals surface area contributed by atoms with Crippen LogP contribution in [0.3, 0.4) is 0 Å². The maximum absolute atomic E-state index is 15.5. The van der Waals surface area contributed by atoms with Crippen LogP contribution in [0.1, 0.15) is 22.5 Å². The van der Waals surface area contributed by atoms with E-state index in [0.717, 1.165) is 12.1 Å². The van der Waals surface area contributed by atoms with Gasteiger partial charge in [-0.3, -0.25) is 19.1 Å². The standard InChI is InChI=1S/C26H22F4N6O4S/c1-15-18(10-17(13-31-15)26(28,29)30)19-11-23(40-2)22(12-20(19)27)36-21-7-9-35(14-16(21)5-6-25(36)37)41(38,39)34-24-4-3-8-32-33-24/h3-6,8,10-13H,7,9,14H2,1-2H3,(H,33,34). The lowest BCUT2D eigenvalue weighted by Gasteiger charge is -2.30. The summed E-state index contributed by atoms with van der Waals surface area (Å²) >= 11 is 0. The molecule has 214 valence electrons. The average Bonchev–Trinajstić information content (AvgIpc) is 2.93. The van der Waals surface area contributed by atoms with Gasteiger partial charge in [0, 0.05) is 66.6 Å². The minimum Gasteiger partial charge on any atom is -0.495 e. The van der Waals surface area contributed by atoms with Crippen molar-refractivity contribution in [2.45, 2.75) is 26.1 Å². The molecular weight excluding hydrogens is 568 g/mol. The third kappa shape index (κ3) is 5.50. The van der Waals surface area contributed by atoms with Crippen LogP contribution >= 0.6 is 0 Å². The van der Waals surface area contributed by atoms with Crippen LogP contribution in [0.25, 0.3) is 16.8 Å². The summed E-state index contributed by atoms with van der Waals surface area (Å²) < 4.78 is 91.6. The van der Waals surface area contributed by atoms with Crippen molar-refractivity contribution in [1.82, 2.24) is 24.1 Å². The molecule has 4 heterocycles. The molecule has 0 atom stereocenters. The van der Waals surface area contributed by atoms with E-state index in [0.29, 0.717) is 17.5 Å². The van der Waals surface area contributed by atoms with E-state index in [1.807, 2.05) is 0 Å². The monoisotopic (exact) mass is 590 g/mol. The van der Waals surface area contributed by atoms with Crippen LogP contribution in [-0.2, 0) is 29.4 Å². The van der Waals surface area contributed by atoms with Crippen LogP contribution in [0.5, 0.6) is 5.75 Å². The van der Waals surface area contributed by atoms with Gasteiger partial charge in [-0.15, -0.1) is 5.10 Å². The van der Waals surface area contributed by atoms with Crippen molar-refractivity contribution in [1.29, 1.82) is 0 Å². The van der Waals surface area contributed by atoms with Crippen molar-refractivity contribution in [2.24, 2.45) is 0 Å². The molecule has 1 N–H and O–H groups in total. The predicted molar refractivity (Wildman–Crippen MR) is 140 cm³/mol. The van der Waals surface area contributed by atoms with Gasteiger partial charge in [0.1, 0.15) is 11.6 Å². The zero-order chi connectivity index (χ0) is 29.5. The normalized spacial score (nSPS) is 14.0. The second-order valence-corrected chi connectivity index (χ2v) is 10.8. The number of aryl methyl sites for hydroxylation is 1. The fourth-order valence-electron chi connectivity index (χ4n) is 4.61. The topological polar surface area (TPSA) is 119 Å². The Balaban J connectivity index is 1.55. The summed E-state index contributed by atoms with van der Waals surface area (Å²) in [6.07, 6.45) is -2.52. The summed E-state index contributed by atoms with van der Waals surface area (Å²) in [6.45, 7) is 1.35. The first-order valence-corrected chi connectivity index (χ1v) is 13.5. The van der Waals surface area contributed by atoms with E-state index in [1.165, 1.54) is 59.4 Å². The number of hydrogen-bond donors (Lipinski definition) is 1. The molecule has 0 bridgehead atoms. The number of ether oxygens (including phenoxy) is 1. The summed E-state index contributed by atoms with van der Waals surface area (Å²) in [5, 5.41) is 7.37. The van der Waals surface area contributed by atoms with Gasteiger partial charge in [0.25, 0.3) is 5.56 Å². The number of aromatic nitrogens is 4. The molecule has 0 amide bonds. The molecule has 0 unspecified atom stereocenters. The number of benzene rings is 1. The minimum atomic E-state index is -4.68. The van der Waals surface area contributed by atoms with Gasteiger partial charge in [-0.25, -0.2) is 4.39 Å². The van der Waals surface area contributed by atoms with Crippen LogP contribution in [0, 0.1) is 12.7 Å². The minimum absolute atomic E-state index is 0.00989. The SMILES string of the molecule is COc1cc(-c2cc(C(F)(F)F)cnc2C)c(F)cc1-n1c2c(ccc1=O)CN(S(=O)(=O)Nc1cccnn1)CC2. The summed E-state index contributed by atoms with van der Waals surface area (Å²) in [4.78, 5) is 16.8. The van der Waals surface area contributed by atoms with Crippen molar-refractivity contribution < 1.29 is 30.7 Å². The number of hydrogen-bond acceptors (Lipinski definition) is 7. The van der Waals surface area contributed by atoms with E-state index in [4.69, 9.17) is 4.74 Å². The van der Waals surface area contributed by atoms with Crippen molar-refractivity contribution in [3.63, 3.8) is 0 Å². The van der Waals surface area contributed by atoms with Crippen LogP contribution in [0.15, 0.2) is 59.7 Å². The molecule has 10 nitrogen and oxygen atoms in total. The second-order valence-electron chi connectivity index (χ2n) is 9.14. The number of methoxy groups -OCH3 is 1. The molecule has 1 aliphatic heterocycles.